The summed E-state index contributed by atoms with van der Waals surface area (Å²) in [5, 5.41) is 3.35. The number of hydrogen-bond acceptors (Lipinski definition) is 3. The van der Waals surface area contributed by atoms with Gasteiger partial charge in [0.05, 0.1) is 6.26 Å². The number of hydrogen-bond donors (Lipinski definition) is 1. The van der Waals surface area contributed by atoms with E-state index in [-0.39, 0.29) is 0 Å². The van der Waals surface area contributed by atoms with E-state index in [1.54, 1.807) is 4.31 Å². The molecule has 0 atom stereocenters. The highest BCUT2D eigenvalue weighted by Gasteiger charge is 2.24. The van der Waals surface area contributed by atoms with Crippen LogP contribution in [-0.4, -0.2) is 63.1 Å². The van der Waals surface area contributed by atoms with Crippen molar-refractivity contribution in [3.05, 3.63) is 34.3 Å². The number of rotatable bonds is 6. The zero-order valence-electron chi connectivity index (χ0n) is 15.8. The molecule has 6 nitrogen and oxygen atoms in total. The Morgan fingerprint density at radius 1 is 1.35 bits per heavy atom. The van der Waals surface area contributed by atoms with E-state index >= 15 is 0 Å². The highest BCUT2D eigenvalue weighted by molar-refractivity contribution is 9.10. The van der Waals surface area contributed by atoms with Crippen molar-refractivity contribution in [1.82, 2.24) is 14.5 Å². The van der Waals surface area contributed by atoms with Gasteiger partial charge in [-0.15, -0.1) is 0 Å². The molecule has 1 fully saturated rings. The number of halogens is 1. The van der Waals surface area contributed by atoms with Crippen LogP contribution in [0.25, 0.3) is 0 Å². The molecule has 0 radical (unpaired) electrons. The second-order valence-electron chi connectivity index (χ2n) is 6.75. The van der Waals surface area contributed by atoms with E-state index in [1.807, 2.05) is 25.2 Å². The molecule has 8 heteroatoms. The molecule has 1 aliphatic heterocycles. The predicted octanol–water partition coefficient (Wildman–Crippen LogP) is 2.52. The highest BCUT2D eigenvalue weighted by Crippen LogP contribution is 2.20. The van der Waals surface area contributed by atoms with Crippen LogP contribution < -0.4 is 5.32 Å². The lowest BCUT2D eigenvalue weighted by Crippen LogP contribution is -2.40. The average Bonchev–Trinajstić information content (AvgIpc) is 2.60. The average molecular weight is 445 g/mol. The van der Waals surface area contributed by atoms with Crippen molar-refractivity contribution in [3.8, 4) is 0 Å². The van der Waals surface area contributed by atoms with Crippen LogP contribution in [0.1, 0.15) is 25.3 Å². The topological polar surface area (TPSA) is 65.0 Å². The zero-order chi connectivity index (χ0) is 19.2. The van der Waals surface area contributed by atoms with Gasteiger partial charge >= 0.3 is 0 Å². The summed E-state index contributed by atoms with van der Waals surface area (Å²) >= 11 is 3.60. The maximum absolute atomic E-state index is 11.6. The molecule has 1 aliphatic rings. The molecule has 0 bridgehead atoms. The maximum atomic E-state index is 11.6. The van der Waals surface area contributed by atoms with Gasteiger partial charge in [-0.05, 0) is 37.3 Å². The van der Waals surface area contributed by atoms with Crippen LogP contribution >= 0.6 is 15.9 Å². The van der Waals surface area contributed by atoms with Crippen molar-refractivity contribution in [2.75, 3.05) is 39.5 Å². The number of nitrogens with one attached hydrogen (secondary N) is 1. The van der Waals surface area contributed by atoms with Crippen LogP contribution in [0.4, 0.5) is 0 Å². The Labute approximate surface area is 165 Å². The number of guanidine groups is 1. The quantitative estimate of drug-likeness (QED) is 0.540. The van der Waals surface area contributed by atoms with Crippen molar-refractivity contribution < 1.29 is 8.42 Å². The van der Waals surface area contributed by atoms with Crippen molar-refractivity contribution in [1.29, 1.82) is 0 Å². The highest BCUT2D eigenvalue weighted by atomic mass is 79.9. The Bertz CT molecular complexity index is 716. The van der Waals surface area contributed by atoms with Crippen molar-refractivity contribution >= 4 is 31.9 Å². The van der Waals surface area contributed by atoms with Gasteiger partial charge in [0, 0.05) is 44.2 Å². The van der Waals surface area contributed by atoms with E-state index in [0.717, 1.165) is 42.9 Å². The molecule has 146 valence electrons. The molecule has 1 aromatic rings. The van der Waals surface area contributed by atoms with Crippen LogP contribution in [0.3, 0.4) is 0 Å². The third kappa shape index (κ3) is 6.25. The summed E-state index contributed by atoms with van der Waals surface area (Å²) in [6.45, 7) is 5.56. The van der Waals surface area contributed by atoms with Gasteiger partial charge in [-0.25, -0.2) is 12.7 Å². The Hall–Kier alpha value is -1.12. The minimum atomic E-state index is -3.07. The number of benzene rings is 1. The molecule has 1 aromatic carbocycles. The summed E-state index contributed by atoms with van der Waals surface area (Å²) < 4.78 is 25.9. The fourth-order valence-corrected chi connectivity index (χ4v) is 4.35. The first kappa shape index (κ1) is 21.2. The summed E-state index contributed by atoms with van der Waals surface area (Å²) in [5.74, 6) is 1.31. The molecule has 0 saturated carbocycles. The first-order valence-electron chi connectivity index (χ1n) is 8.99. The fraction of sp³-hybridized carbons (Fsp3) is 0.611. The normalized spacial score (nSPS) is 17.3. The van der Waals surface area contributed by atoms with Crippen LogP contribution in [0.2, 0.25) is 0 Å². The van der Waals surface area contributed by atoms with E-state index < -0.39 is 10.0 Å². The fourth-order valence-electron chi connectivity index (χ4n) is 3.07. The smallest absolute Gasteiger partial charge is 0.211 e. The summed E-state index contributed by atoms with van der Waals surface area (Å²) in [7, 11) is -1.03. The van der Waals surface area contributed by atoms with Gasteiger partial charge in [-0.1, -0.05) is 34.1 Å². The van der Waals surface area contributed by atoms with Gasteiger partial charge in [0.2, 0.25) is 10.0 Å². The summed E-state index contributed by atoms with van der Waals surface area (Å²) in [5.41, 5.74) is 1.21. The van der Waals surface area contributed by atoms with E-state index in [0.29, 0.717) is 19.0 Å². The lowest BCUT2D eigenvalue weighted by Gasteiger charge is -2.30. The minimum Gasteiger partial charge on any atom is -0.357 e. The predicted molar refractivity (Wildman–Crippen MR) is 111 cm³/mol. The largest absolute Gasteiger partial charge is 0.357 e. The molecule has 26 heavy (non-hydrogen) atoms. The lowest BCUT2D eigenvalue weighted by atomic mass is 9.98. The number of sulfonamides is 1. The Balaban J connectivity index is 1.95. The van der Waals surface area contributed by atoms with Gasteiger partial charge in [0.25, 0.3) is 0 Å². The number of aliphatic imine (C=N–C) groups is 1. The molecule has 2 rings (SSSR count). The molecule has 0 unspecified atom stereocenters. The van der Waals surface area contributed by atoms with Gasteiger partial charge < -0.3 is 10.2 Å². The molecular formula is C18H29BrN4O2S. The third-order valence-corrected chi connectivity index (χ3v) is 6.68. The van der Waals surface area contributed by atoms with Crippen molar-refractivity contribution in [3.63, 3.8) is 0 Å². The summed E-state index contributed by atoms with van der Waals surface area (Å²) in [6, 6.07) is 8.19. The SMILES string of the molecule is CCNC(=NCC1CCN(S(C)(=O)=O)CC1)N(C)Cc1ccccc1Br. The van der Waals surface area contributed by atoms with Crippen molar-refractivity contribution in [2.24, 2.45) is 10.9 Å². The number of nitrogens with zero attached hydrogens (tertiary/aromatic N) is 3. The minimum absolute atomic E-state index is 0.429. The second-order valence-corrected chi connectivity index (χ2v) is 9.58. The molecular weight excluding hydrogens is 416 g/mol. The van der Waals surface area contributed by atoms with Gasteiger partial charge in [-0.2, -0.15) is 0 Å². The molecule has 0 aliphatic carbocycles. The summed E-state index contributed by atoms with van der Waals surface area (Å²) in [4.78, 5) is 6.92. The molecule has 1 saturated heterocycles. The first-order valence-corrected chi connectivity index (χ1v) is 11.6. The summed E-state index contributed by atoms with van der Waals surface area (Å²) in [6.07, 6.45) is 3.01. The first-order chi connectivity index (χ1) is 12.3. The van der Waals surface area contributed by atoms with Gasteiger partial charge in [0.15, 0.2) is 5.96 Å². The van der Waals surface area contributed by atoms with Gasteiger partial charge in [-0.3, -0.25) is 4.99 Å². The Kier molecular flexibility index (Phi) is 7.91. The van der Waals surface area contributed by atoms with Crippen LogP contribution in [0.15, 0.2) is 33.7 Å². The van der Waals surface area contributed by atoms with E-state index in [2.05, 4.69) is 39.1 Å². The lowest BCUT2D eigenvalue weighted by molar-refractivity contribution is 0.279. The van der Waals surface area contributed by atoms with Gasteiger partial charge in [0.1, 0.15) is 0 Å². The monoisotopic (exact) mass is 444 g/mol. The Morgan fingerprint density at radius 2 is 2.00 bits per heavy atom. The van der Waals surface area contributed by atoms with Crippen molar-refractivity contribution in [2.45, 2.75) is 26.3 Å². The molecule has 1 N–H and O–H groups in total. The molecule has 0 spiro atoms. The standard InChI is InChI=1S/C18H29BrN4O2S/c1-4-20-18(22(2)14-16-7-5-6-8-17(16)19)21-13-15-9-11-23(12-10-15)26(3,24)25/h5-8,15H,4,9-14H2,1-3H3,(H,20,21). The van der Waals surface area contributed by atoms with E-state index in [4.69, 9.17) is 4.99 Å². The van der Waals surface area contributed by atoms with Crippen LogP contribution in [0, 0.1) is 5.92 Å². The number of piperidine rings is 1. The molecule has 1 heterocycles. The third-order valence-electron chi connectivity index (χ3n) is 4.60. The zero-order valence-corrected chi connectivity index (χ0v) is 18.2. The Morgan fingerprint density at radius 3 is 2.58 bits per heavy atom. The maximum Gasteiger partial charge on any atom is 0.211 e. The van der Waals surface area contributed by atoms with Crippen LogP contribution in [-0.2, 0) is 16.6 Å². The van der Waals surface area contributed by atoms with E-state index in [1.165, 1.54) is 11.8 Å². The van der Waals surface area contributed by atoms with Crippen LogP contribution in [0.5, 0.6) is 0 Å². The molecule has 0 amide bonds. The van der Waals surface area contributed by atoms with E-state index in [9.17, 15) is 8.42 Å². The second kappa shape index (κ2) is 9.71. The molecule has 0 aromatic heterocycles.